The third-order valence-corrected chi connectivity index (χ3v) is 3.31. The maximum atomic E-state index is 11.9. The van der Waals surface area contributed by atoms with Crippen LogP contribution in [0.15, 0.2) is 30.3 Å². The lowest BCUT2D eigenvalue weighted by molar-refractivity contribution is -0.142. The van der Waals surface area contributed by atoms with Gasteiger partial charge in [0.05, 0.1) is 0 Å². The summed E-state index contributed by atoms with van der Waals surface area (Å²) in [7, 11) is 0. The zero-order valence-electron chi connectivity index (χ0n) is 11.6. The predicted octanol–water partition coefficient (Wildman–Crippen LogP) is 2.09. The highest BCUT2D eigenvalue weighted by atomic mass is 16.4. The molecule has 0 aliphatic carbocycles. The first-order chi connectivity index (χ1) is 8.91. The van der Waals surface area contributed by atoms with Crippen molar-refractivity contribution in [3.05, 3.63) is 35.9 Å². The summed E-state index contributed by atoms with van der Waals surface area (Å²) in [6.07, 6.45) is 0.298. The Morgan fingerprint density at radius 1 is 1.16 bits per heavy atom. The minimum Gasteiger partial charge on any atom is -0.480 e. The van der Waals surface area contributed by atoms with E-state index in [9.17, 15) is 14.7 Å². The molecule has 1 amide bonds. The number of benzene rings is 1. The molecule has 2 N–H and O–H groups in total. The van der Waals surface area contributed by atoms with Gasteiger partial charge in [-0.15, -0.1) is 0 Å². The van der Waals surface area contributed by atoms with Crippen LogP contribution >= 0.6 is 0 Å². The largest absolute Gasteiger partial charge is 0.480 e. The van der Waals surface area contributed by atoms with Crippen molar-refractivity contribution in [2.75, 3.05) is 0 Å². The number of carbonyl (C=O) groups excluding carboxylic acids is 1. The van der Waals surface area contributed by atoms with E-state index >= 15 is 0 Å². The average Bonchev–Trinajstić information content (AvgIpc) is 2.37. The van der Waals surface area contributed by atoms with Crippen LogP contribution in [0.25, 0.3) is 0 Å². The molecule has 4 heteroatoms. The number of hydrogen-bond acceptors (Lipinski definition) is 2. The van der Waals surface area contributed by atoms with Gasteiger partial charge in [0.15, 0.2) is 0 Å². The number of rotatable bonds is 6. The molecule has 104 valence electrons. The molecule has 2 atom stereocenters. The minimum absolute atomic E-state index is 0.186. The van der Waals surface area contributed by atoms with Crippen molar-refractivity contribution in [1.29, 1.82) is 0 Å². The lowest BCUT2D eigenvalue weighted by atomic mass is 9.96. The van der Waals surface area contributed by atoms with Crippen LogP contribution < -0.4 is 5.32 Å². The van der Waals surface area contributed by atoms with Gasteiger partial charge >= 0.3 is 5.97 Å². The average molecular weight is 263 g/mol. The fraction of sp³-hybridized carbons (Fsp3) is 0.467. The Morgan fingerprint density at radius 2 is 1.74 bits per heavy atom. The highest BCUT2D eigenvalue weighted by Gasteiger charge is 2.24. The molecule has 2 unspecified atom stereocenters. The lowest BCUT2D eigenvalue weighted by Gasteiger charge is -2.20. The standard InChI is InChI=1S/C15H21NO3/c1-10(2)11(3)14(17)16-13(15(18)19)9-12-7-5-4-6-8-12/h4-8,10-11,13H,9H2,1-3H3,(H,16,17)(H,18,19). The molecule has 0 aliphatic heterocycles. The summed E-state index contributed by atoms with van der Waals surface area (Å²) in [6.45, 7) is 5.69. The number of aliphatic carboxylic acids is 1. The zero-order chi connectivity index (χ0) is 14.4. The third kappa shape index (κ3) is 4.73. The second kappa shape index (κ2) is 6.92. The SMILES string of the molecule is CC(C)C(C)C(=O)NC(Cc1ccccc1)C(=O)O. The second-order valence-corrected chi connectivity index (χ2v) is 5.12. The predicted molar refractivity (Wildman–Crippen MR) is 73.7 cm³/mol. The van der Waals surface area contributed by atoms with Gasteiger partial charge in [-0.2, -0.15) is 0 Å². The van der Waals surface area contributed by atoms with E-state index in [1.54, 1.807) is 6.92 Å². The summed E-state index contributed by atoms with van der Waals surface area (Å²) in [5, 5.41) is 11.8. The summed E-state index contributed by atoms with van der Waals surface area (Å²) >= 11 is 0. The van der Waals surface area contributed by atoms with Crippen molar-refractivity contribution in [2.24, 2.45) is 11.8 Å². The first-order valence-corrected chi connectivity index (χ1v) is 6.49. The van der Waals surface area contributed by atoms with Crippen molar-refractivity contribution in [1.82, 2.24) is 5.32 Å². The summed E-state index contributed by atoms with van der Waals surface area (Å²) in [5.74, 6) is -1.23. The van der Waals surface area contributed by atoms with E-state index in [2.05, 4.69) is 5.32 Å². The number of nitrogens with one attached hydrogen (secondary N) is 1. The van der Waals surface area contributed by atoms with E-state index in [1.165, 1.54) is 0 Å². The lowest BCUT2D eigenvalue weighted by Crippen LogP contribution is -2.45. The molecule has 1 rings (SSSR count). The van der Waals surface area contributed by atoms with Crippen LogP contribution in [0, 0.1) is 11.8 Å². The molecule has 0 saturated heterocycles. The molecule has 0 fully saturated rings. The first-order valence-electron chi connectivity index (χ1n) is 6.49. The molecule has 19 heavy (non-hydrogen) atoms. The fourth-order valence-electron chi connectivity index (χ4n) is 1.66. The highest BCUT2D eigenvalue weighted by Crippen LogP contribution is 2.11. The Balaban J connectivity index is 2.69. The van der Waals surface area contributed by atoms with Gasteiger partial charge in [-0.1, -0.05) is 51.1 Å². The number of carbonyl (C=O) groups is 2. The van der Waals surface area contributed by atoms with Crippen molar-refractivity contribution >= 4 is 11.9 Å². The summed E-state index contributed by atoms with van der Waals surface area (Å²) in [6, 6.07) is 8.41. The number of amides is 1. The molecule has 0 spiro atoms. The summed E-state index contributed by atoms with van der Waals surface area (Å²) < 4.78 is 0. The maximum Gasteiger partial charge on any atom is 0.326 e. The molecule has 0 aliphatic rings. The fourth-order valence-corrected chi connectivity index (χ4v) is 1.66. The van der Waals surface area contributed by atoms with E-state index in [0.717, 1.165) is 5.56 Å². The van der Waals surface area contributed by atoms with Gasteiger partial charge in [-0.3, -0.25) is 4.79 Å². The molecule has 0 radical (unpaired) electrons. The second-order valence-electron chi connectivity index (χ2n) is 5.12. The molecule has 0 aromatic heterocycles. The van der Waals surface area contributed by atoms with Crippen LogP contribution in [0.2, 0.25) is 0 Å². The van der Waals surface area contributed by atoms with Gasteiger partial charge in [0.25, 0.3) is 0 Å². The molecular weight excluding hydrogens is 242 g/mol. The normalized spacial score (nSPS) is 13.9. The van der Waals surface area contributed by atoms with Crippen LogP contribution in [0.3, 0.4) is 0 Å². The van der Waals surface area contributed by atoms with Crippen LogP contribution in [0.4, 0.5) is 0 Å². The Morgan fingerprint density at radius 3 is 2.21 bits per heavy atom. The maximum absolute atomic E-state index is 11.9. The van der Waals surface area contributed by atoms with Crippen molar-refractivity contribution in [2.45, 2.75) is 33.2 Å². The summed E-state index contributed by atoms with van der Waals surface area (Å²) in [5.41, 5.74) is 0.896. The number of carboxylic acid groups (broad SMARTS) is 1. The van der Waals surface area contributed by atoms with Crippen molar-refractivity contribution in [3.63, 3.8) is 0 Å². The minimum atomic E-state index is -1.01. The van der Waals surface area contributed by atoms with Crippen LogP contribution in [0.1, 0.15) is 26.3 Å². The Hall–Kier alpha value is -1.84. The highest BCUT2D eigenvalue weighted by molar-refractivity contribution is 5.85. The van der Waals surface area contributed by atoms with Gasteiger partial charge in [-0.25, -0.2) is 4.79 Å². The molecular formula is C15H21NO3. The van der Waals surface area contributed by atoms with Crippen LogP contribution in [-0.2, 0) is 16.0 Å². The Bertz CT molecular complexity index is 428. The number of carboxylic acids is 1. The molecule has 1 aromatic carbocycles. The van der Waals surface area contributed by atoms with E-state index in [1.807, 2.05) is 44.2 Å². The molecule has 1 aromatic rings. The van der Waals surface area contributed by atoms with Gasteiger partial charge in [0.2, 0.25) is 5.91 Å². The van der Waals surface area contributed by atoms with E-state index in [-0.39, 0.29) is 17.7 Å². The first kappa shape index (κ1) is 15.2. The van der Waals surface area contributed by atoms with Crippen LogP contribution in [0.5, 0.6) is 0 Å². The molecule has 4 nitrogen and oxygen atoms in total. The van der Waals surface area contributed by atoms with Gasteiger partial charge < -0.3 is 10.4 Å². The van der Waals surface area contributed by atoms with Gasteiger partial charge in [0, 0.05) is 12.3 Å². The van der Waals surface area contributed by atoms with Crippen molar-refractivity contribution in [3.8, 4) is 0 Å². The molecule has 0 heterocycles. The zero-order valence-corrected chi connectivity index (χ0v) is 11.6. The molecule has 0 saturated carbocycles. The van der Waals surface area contributed by atoms with E-state index < -0.39 is 12.0 Å². The Labute approximate surface area is 113 Å². The number of hydrogen-bond donors (Lipinski definition) is 2. The quantitative estimate of drug-likeness (QED) is 0.826. The monoisotopic (exact) mass is 263 g/mol. The van der Waals surface area contributed by atoms with Crippen molar-refractivity contribution < 1.29 is 14.7 Å². The molecule has 0 bridgehead atoms. The smallest absolute Gasteiger partial charge is 0.326 e. The third-order valence-electron chi connectivity index (χ3n) is 3.31. The summed E-state index contributed by atoms with van der Waals surface area (Å²) in [4.78, 5) is 23.1. The van der Waals surface area contributed by atoms with Crippen LogP contribution in [-0.4, -0.2) is 23.0 Å². The topological polar surface area (TPSA) is 66.4 Å². The van der Waals surface area contributed by atoms with E-state index in [4.69, 9.17) is 0 Å². The van der Waals surface area contributed by atoms with E-state index in [0.29, 0.717) is 6.42 Å². The van der Waals surface area contributed by atoms with Gasteiger partial charge in [-0.05, 0) is 11.5 Å². The van der Waals surface area contributed by atoms with Gasteiger partial charge in [0.1, 0.15) is 6.04 Å². The Kier molecular flexibility index (Phi) is 5.55.